The second kappa shape index (κ2) is 9.21. The topological polar surface area (TPSA) is 93.7 Å². The maximum Gasteiger partial charge on any atom is 0.241 e. The van der Waals surface area contributed by atoms with Crippen LogP contribution in [-0.2, 0) is 24.3 Å². The molecule has 2 aromatic rings. The van der Waals surface area contributed by atoms with E-state index in [1.54, 1.807) is 24.3 Å². The summed E-state index contributed by atoms with van der Waals surface area (Å²) in [6.07, 6.45) is 0.740. The summed E-state index contributed by atoms with van der Waals surface area (Å²) in [5, 5.41) is 4.34. The highest BCUT2D eigenvalue weighted by Crippen LogP contribution is 2.24. The number of nitrogens with one attached hydrogen (secondary N) is 2. The maximum absolute atomic E-state index is 13.2. The quantitative estimate of drug-likeness (QED) is 0.684. The predicted molar refractivity (Wildman–Crippen MR) is 111 cm³/mol. The molecular formula is C21H28N2O5S. The largest absolute Gasteiger partial charge is 0.354 e. The lowest BCUT2D eigenvalue weighted by atomic mass is 9.99. The summed E-state index contributed by atoms with van der Waals surface area (Å²) in [5.74, 6) is -0.566. The summed E-state index contributed by atoms with van der Waals surface area (Å²) < 4.78 is 39.7. The fourth-order valence-electron chi connectivity index (χ4n) is 3.53. The van der Waals surface area contributed by atoms with Crippen LogP contribution in [0.2, 0.25) is 0 Å². The Kier molecular flexibility index (Phi) is 6.89. The van der Waals surface area contributed by atoms with Gasteiger partial charge in [-0.25, -0.2) is 8.42 Å². The molecular weight excluding hydrogens is 392 g/mol. The van der Waals surface area contributed by atoms with Gasteiger partial charge in [0.15, 0.2) is 6.29 Å². The number of hydrogen-bond donors (Lipinski definition) is 2. The zero-order valence-electron chi connectivity index (χ0n) is 16.9. The predicted octanol–water partition coefficient (Wildman–Crippen LogP) is 2.41. The Morgan fingerprint density at radius 1 is 1.24 bits per heavy atom. The van der Waals surface area contributed by atoms with Crippen LogP contribution in [-0.4, -0.2) is 46.4 Å². The Labute approximate surface area is 171 Å². The number of carbonyl (C=O) groups is 1. The van der Waals surface area contributed by atoms with Gasteiger partial charge in [-0.05, 0) is 23.8 Å². The fourth-order valence-corrected chi connectivity index (χ4v) is 5.07. The minimum atomic E-state index is -3.91. The van der Waals surface area contributed by atoms with Crippen molar-refractivity contribution in [1.82, 2.24) is 10.0 Å². The number of carbonyl (C=O) groups excluding carboxylic acids is 1. The van der Waals surface area contributed by atoms with Crippen LogP contribution >= 0.6 is 0 Å². The highest BCUT2D eigenvalue weighted by molar-refractivity contribution is 7.89. The monoisotopic (exact) mass is 420 g/mol. The number of benzene rings is 2. The first-order chi connectivity index (χ1) is 13.9. The molecule has 1 amide bonds. The van der Waals surface area contributed by atoms with E-state index >= 15 is 0 Å². The minimum absolute atomic E-state index is 0.163. The first kappa shape index (κ1) is 21.7. The zero-order valence-corrected chi connectivity index (χ0v) is 17.7. The van der Waals surface area contributed by atoms with E-state index in [1.165, 1.54) is 7.11 Å². The second-order valence-corrected chi connectivity index (χ2v) is 9.02. The van der Waals surface area contributed by atoms with Crippen molar-refractivity contribution in [2.45, 2.75) is 50.0 Å². The van der Waals surface area contributed by atoms with Crippen LogP contribution in [0.25, 0.3) is 10.8 Å². The summed E-state index contributed by atoms with van der Waals surface area (Å²) in [6.45, 7) is 4.27. The second-order valence-electron chi connectivity index (χ2n) is 7.34. The van der Waals surface area contributed by atoms with E-state index in [0.717, 1.165) is 5.39 Å². The molecule has 4 atom stereocenters. The van der Waals surface area contributed by atoms with Crippen molar-refractivity contribution in [1.29, 1.82) is 0 Å². The van der Waals surface area contributed by atoms with Crippen LogP contribution in [0.5, 0.6) is 0 Å². The number of methoxy groups -OCH3 is 1. The molecule has 29 heavy (non-hydrogen) atoms. The highest BCUT2D eigenvalue weighted by atomic mass is 32.2. The number of hydrogen-bond acceptors (Lipinski definition) is 5. The smallest absolute Gasteiger partial charge is 0.241 e. The van der Waals surface area contributed by atoms with Gasteiger partial charge in [-0.2, -0.15) is 4.72 Å². The summed E-state index contributed by atoms with van der Waals surface area (Å²) in [7, 11) is -2.39. The van der Waals surface area contributed by atoms with Gasteiger partial charge >= 0.3 is 0 Å². The summed E-state index contributed by atoms with van der Waals surface area (Å²) in [4.78, 5) is 13.1. The molecule has 1 aliphatic rings. The molecule has 7 nitrogen and oxygen atoms in total. The van der Waals surface area contributed by atoms with Crippen LogP contribution in [0, 0.1) is 5.92 Å². The van der Waals surface area contributed by atoms with E-state index in [-0.39, 0.29) is 22.8 Å². The number of ether oxygens (including phenoxy) is 2. The standard InChI is InChI=1S/C21H28N2O5S/c1-4-14(2)19(20(24)22-17-12-13-28-21(17)27-3)23-29(25,26)18-11-7-9-15-8-5-6-10-16(15)18/h5-11,14,17,19,21,23H,4,12-13H2,1-3H3,(H,22,24)/t14?,17-,19-,21?/m0/s1. The number of amides is 1. The molecule has 158 valence electrons. The van der Waals surface area contributed by atoms with Gasteiger partial charge in [-0.3, -0.25) is 4.79 Å². The molecule has 1 aliphatic heterocycles. The van der Waals surface area contributed by atoms with Gasteiger partial charge < -0.3 is 14.8 Å². The van der Waals surface area contributed by atoms with Crippen LogP contribution in [0.4, 0.5) is 0 Å². The lowest BCUT2D eigenvalue weighted by Crippen LogP contribution is -2.54. The van der Waals surface area contributed by atoms with Gasteiger partial charge in [0.25, 0.3) is 0 Å². The molecule has 3 rings (SSSR count). The van der Waals surface area contributed by atoms with E-state index < -0.39 is 22.4 Å². The van der Waals surface area contributed by atoms with Gasteiger partial charge in [0.05, 0.1) is 17.5 Å². The average molecular weight is 421 g/mol. The van der Waals surface area contributed by atoms with E-state index in [4.69, 9.17) is 9.47 Å². The Morgan fingerprint density at radius 2 is 1.97 bits per heavy atom. The molecule has 0 saturated carbocycles. The Balaban J connectivity index is 1.86. The van der Waals surface area contributed by atoms with Gasteiger partial charge in [-0.1, -0.05) is 56.7 Å². The fraction of sp³-hybridized carbons (Fsp3) is 0.476. The van der Waals surface area contributed by atoms with Gasteiger partial charge in [-0.15, -0.1) is 0 Å². The molecule has 2 aromatic carbocycles. The van der Waals surface area contributed by atoms with Crippen molar-refractivity contribution in [3.8, 4) is 0 Å². The Hall–Kier alpha value is -2.00. The third kappa shape index (κ3) is 4.78. The van der Waals surface area contributed by atoms with E-state index in [9.17, 15) is 13.2 Å². The Morgan fingerprint density at radius 3 is 2.69 bits per heavy atom. The van der Waals surface area contributed by atoms with Crippen molar-refractivity contribution in [3.63, 3.8) is 0 Å². The highest BCUT2D eigenvalue weighted by Gasteiger charge is 2.35. The lowest BCUT2D eigenvalue weighted by Gasteiger charge is -2.26. The molecule has 0 aliphatic carbocycles. The summed E-state index contributed by atoms with van der Waals surface area (Å²) in [6, 6.07) is 11.2. The molecule has 2 unspecified atom stereocenters. The molecule has 1 fully saturated rings. The third-order valence-electron chi connectivity index (χ3n) is 5.42. The number of rotatable bonds is 8. The van der Waals surface area contributed by atoms with E-state index in [1.807, 2.05) is 32.0 Å². The van der Waals surface area contributed by atoms with Crippen LogP contribution < -0.4 is 10.0 Å². The van der Waals surface area contributed by atoms with Gasteiger partial charge in [0.2, 0.25) is 15.9 Å². The van der Waals surface area contributed by atoms with Crippen molar-refractivity contribution in [3.05, 3.63) is 42.5 Å². The Bertz CT molecular complexity index is 957. The van der Waals surface area contributed by atoms with Crippen LogP contribution in [0.3, 0.4) is 0 Å². The molecule has 8 heteroatoms. The first-order valence-electron chi connectivity index (χ1n) is 9.82. The summed E-state index contributed by atoms with van der Waals surface area (Å²) in [5.41, 5.74) is 0. The van der Waals surface area contributed by atoms with Crippen molar-refractivity contribution in [2.24, 2.45) is 5.92 Å². The third-order valence-corrected chi connectivity index (χ3v) is 6.92. The maximum atomic E-state index is 13.2. The molecule has 0 bridgehead atoms. The van der Waals surface area contributed by atoms with Crippen LogP contribution in [0.1, 0.15) is 26.7 Å². The van der Waals surface area contributed by atoms with Crippen molar-refractivity contribution < 1.29 is 22.7 Å². The molecule has 1 heterocycles. The van der Waals surface area contributed by atoms with Crippen LogP contribution in [0.15, 0.2) is 47.4 Å². The average Bonchev–Trinajstić information content (AvgIpc) is 3.18. The normalized spacial score (nSPS) is 21.8. The molecule has 2 N–H and O–H groups in total. The van der Waals surface area contributed by atoms with E-state index in [2.05, 4.69) is 10.0 Å². The van der Waals surface area contributed by atoms with Crippen molar-refractivity contribution >= 4 is 26.7 Å². The lowest BCUT2D eigenvalue weighted by molar-refractivity contribution is -0.130. The number of sulfonamides is 1. The molecule has 0 spiro atoms. The van der Waals surface area contributed by atoms with Gasteiger partial charge in [0, 0.05) is 12.5 Å². The van der Waals surface area contributed by atoms with Crippen molar-refractivity contribution in [2.75, 3.05) is 13.7 Å². The number of fused-ring (bicyclic) bond motifs is 1. The summed E-state index contributed by atoms with van der Waals surface area (Å²) >= 11 is 0. The van der Waals surface area contributed by atoms with Gasteiger partial charge in [0.1, 0.15) is 6.04 Å². The van der Waals surface area contributed by atoms with E-state index in [0.29, 0.717) is 24.8 Å². The molecule has 0 aromatic heterocycles. The minimum Gasteiger partial charge on any atom is -0.354 e. The first-order valence-corrected chi connectivity index (χ1v) is 11.3. The zero-order chi connectivity index (χ0) is 21.0. The SMILES string of the molecule is CCC(C)[C@H](NS(=O)(=O)c1cccc2ccccc12)C(=O)N[C@H]1CCOC1OC. The molecule has 1 saturated heterocycles. The molecule has 0 radical (unpaired) electrons.